The Morgan fingerprint density at radius 2 is 2.36 bits per heavy atom. The molecule has 1 aromatic rings. The van der Waals surface area contributed by atoms with E-state index in [9.17, 15) is 0 Å². The normalized spacial score (nSPS) is 23.9. The highest BCUT2D eigenvalue weighted by atomic mass is 32.1. The molecular formula is C12H17NS. The van der Waals surface area contributed by atoms with Crippen molar-refractivity contribution in [3.05, 3.63) is 28.5 Å². The smallest absolute Gasteiger partial charge is 0.0267 e. The van der Waals surface area contributed by atoms with Gasteiger partial charge in [0.25, 0.3) is 0 Å². The van der Waals surface area contributed by atoms with Crippen molar-refractivity contribution in [3.63, 3.8) is 0 Å². The number of hydrogen-bond acceptors (Lipinski definition) is 2. The zero-order chi connectivity index (χ0) is 9.64. The summed E-state index contributed by atoms with van der Waals surface area (Å²) in [6, 6.07) is 4.86. The van der Waals surface area contributed by atoms with Gasteiger partial charge in [-0.05, 0) is 36.9 Å². The van der Waals surface area contributed by atoms with E-state index in [2.05, 4.69) is 35.0 Å². The molecule has 0 spiro atoms. The van der Waals surface area contributed by atoms with Gasteiger partial charge in [0.05, 0.1) is 0 Å². The molecule has 0 saturated carbocycles. The van der Waals surface area contributed by atoms with E-state index in [-0.39, 0.29) is 0 Å². The quantitative estimate of drug-likeness (QED) is 0.784. The van der Waals surface area contributed by atoms with Crippen LogP contribution < -0.4 is 5.32 Å². The van der Waals surface area contributed by atoms with Gasteiger partial charge in [0.15, 0.2) is 0 Å². The number of nitrogens with one attached hydrogen (secondary N) is 1. The van der Waals surface area contributed by atoms with Crippen molar-refractivity contribution in [3.8, 4) is 0 Å². The highest BCUT2D eigenvalue weighted by Crippen LogP contribution is 2.14. The Morgan fingerprint density at radius 1 is 1.36 bits per heavy atom. The molecule has 1 aliphatic rings. The summed E-state index contributed by atoms with van der Waals surface area (Å²) >= 11 is 1.80. The van der Waals surface area contributed by atoms with Gasteiger partial charge in [-0.25, -0.2) is 0 Å². The molecule has 1 unspecified atom stereocenters. The first kappa shape index (κ1) is 9.94. The third-order valence-corrected chi connectivity index (χ3v) is 3.47. The second-order valence-corrected chi connectivity index (χ2v) is 4.76. The molecule has 1 N–H and O–H groups in total. The summed E-state index contributed by atoms with van der Waals surface area (Å²) in [4.78, 5) is 1.36. The predicted molar refractivity (Wildman–Crippen MR) is 63.6 cm³/mol. The van der Waals surface area contributed by atoms with Gasteiger partial charge in [-0.1, -0.05) is 25.0 Å². The Balaban J connectivity index is 1.89. The standard InChI is InChI=1S/C12H17NS/c1-2-5-11(13-9-3-1)7-8-12-6-4-10-14-12/h4,6-8,10-11,13H,1-3,5,9H2. The van der Waals surface area contributed by atoms with Crippen molar-refractivity contribution in [2.45, 2.75) is 31.7 Å². The molecule has 1 saturated heterocycles. The van der Waals surface area contributed by atoms with Crippen molar-refractivity contribution < 1.29 is 0 Å². The average molecular weight is 207 g/mol. The highest BCUT2D eigenvalue weighted by molar-refractivity contribution is 7.10. The second-order valence-electron chi connectivity index (χ2n) is 3.78. The van der Waals surface area contributed by atoms with Crippen LogP contribution in [0.15, 0.2) is 23.6 Å². The Kier molecular flexibility index (Phi) is 3.78. The molecule has 14 heavy (non-hydrogen) atoms. The van der Waals surface area contributed by atoms with Gasteiger partial charge < -0.3 is 5.32 Å². The van der Waals surface area contributed by atoms with Gasteiger partial charge in [0, 0.05) is 10.9 Å². The molecule has 0 amide bonds. The first-order valence-corrected chi connectivity index (χ1v) is 6.28. The van der Waals surface area contributed by atoms with E-state index in [1.807, 2.05) is 0 Å². The van der Waals surface area contributed by atoms with Gasteiger partial charge in [0.1, 0.15) is 0 Å². The molecule has 0 aliphatic carbocycles. The van der Waals surface area contributed by atoms with Crippen LogP contribution in [-0.4, -0.2) is 12.6 Å². The fraction of sp³-hybridized carbons (Fsp3) is 0.500. The van der Waals surface area contributed by atoms with E-state index in [0.717, 1.165) is 0 Å². The summed E-state index contributed by atoms with van der Waals surface area (Å²) in [5.74, 6) is 0. The predicted octanol–water partition coefficient (Wildman–Crippen LogP) is 3.29. The summed E-state index contributed by atoms with van der Waals surface area (Å²) in [7, 11) is 0. The summed E-state index contributed by atoms with van der Waals surface area (Å²) in [5.41, 5.74) is 0. The lowest BCUT2D eigenvalue weighted by Crippen LogP contribution is -2.25. The maximum atomic E-state index is 3.56. The highest BCUT2D eigenvalue weighted by Gasteiger charge is 2.07. The zero-order valence-corrected chi connectivity index (χ0v) is 9.22. The van der Waals surface area contributed by atoms with E-state index < -0.39 is 0 Å². The molecule has 0 aromatic carbocycles. The van der Waals surface area contributed by atoms with Gasteiger partial charge in [-0.2, -0.15) is 0 Å². The van der Waals surface area contributed by atoms with Crippen LogP contribution in [0.1, 0.15) is 30.6 Å². The van der Waals surface area contributed by atoms with E-state index in [4.69, 9.17) is 0 Å². The molecular weight excluding hydrogens is 190 g/mol. The minimum absolute atomic E-state index is 0.597. The van der Waals surface area contributed by atoms with Crippen molar-refractivity contribution in [2.75, 3.05) is 6.54 Å². The van der Waals surface area contributed by atoms with Crippen LogP contribution in [-0.2, 0) is 0 Å². The van der Waals surface area contributed by atoms with Crippen LogP contribution in [0.2, 0.25) is 0 Å². The molecule has 0 radical (unpaired) electrons. The lowest BCUT2D eigenvalue weighted by molar-refractivity contribution is 0.599. The van der Waals surface area contributed by atoms with E-state index >= 15 is 0 Å². The van der Waals surface area contributed by atoms with E-state index in [1.54, 1.807) is 11.3 Å². The molecule has 2 heteroatoms. The van der Waals surface area contributed by atoms with E-state index in [0.29, 0.717) is 6.04 Å². The minimum atomic E-state index is 0.597. The number of thiophene rings is 1. The van der Waals surface area contributed by atoms with Crippen LogP contribution in [0, 0.1) is 0 Å². The van der Waals surface area contributed by atoms with Crippen molar-refractivity contribution in [1.29, 1.82) is 0 Å². The van der Waals surface area contributed by atoms with Gasteiger partial charge in [0.2, 0.25) is 0 Å². The van der Waals surface area contributed by atoms with Crippen LogP contribution in [0.5, 0.6) is 0 Å². The Bertz CT molecular complexity index is 269. The number of rotatable bonds is 2. The SMILES string of the molecule is C(=CC1CCCCCN1)c1cccs1. The first-order valence-electron chi connectivity index (χ1n) is 5.40. The summed E-state index contributed by atoms with van der Waals surface area (Å²) < 4.78 is 0. The molecule has 0 bridgehead atoms. The lowest BCUT2D eigenvalue weighted by Gasteiger charge is -2.09. The molecule has 2 heterocycles. The summed E-state index contributed by atoms with van der Waals surface area (Å²) in [5, 5.41) is 5.69. The summed E-state index contributed by atoms with van der Waals surface area (Å²) in [6.45, 7) is 1.18. The van der Waals surface area contributed by atoms with Crippen molar-refractivity contribution in [1.82, 2.24) is 5.32 Å². The molecule has 1 atom stereocenters. The maximum absolute atomic E-state index is 3.56. The third-order valence-electron chi connectivity index (χ3n) is 2.63. The van der Waals surface area contributed by atoms with Crippen LogP contribution in [0.3, 0.4) is 0 Å². The van der Waals surface area contributed by atoms with Crippen LogP contribution >= 0.6 is 11.3 Å². The minimum Gasteiger partial charge on any atom is -0.311 e. The average Bonchev–Trinajstić information content (AvgIpc) is 2.58. The molecule has 1 nitrogen and oxygen atoms in total. The van der Waals surface area contributed by atoms with Gasteiger partial charge >= 0.3 is 0 Å². The summed E-state index contributed by atoms with van der Waals surface area (Å²) in [6.07, 6.45) is 9.94. The zero-order valence-electron chi connectivity index (χ0n) is 8.41. The van der Waals surface area contributed by atoms with Crippen LogP contribution in [0.25, 0.3) is 6.08 Å². The van der Waals surface area contributed by atoms with Gasteiger partial charge in [-0.3, -0.25) is 0 Å². The van der Waals surface area contributed by atoms with E-state index in [1.165, 1.54) is 37.1 Å². The largest absolute Gasteiger partial charge is 0.311 e. The molecule has 2 rings (SSSR count). The third kappa shape index (κ3) is 2.96. The van der Waals surface area contributed by atoms with Gasteiger partial charge in [-0.15, -0.1) is 11.3 Å². The number of hydrogen-bond donors (Lipinski definition) is 1. The maximum Gasteiger partial charge on any atom is 0.0267 e. The molecule has 76 valence electrons. The first-order chi connectivity index (χ1) is 6.95. The topological polar surface area (TPSA) is 12.0 Å². The molecule has 1 aromatic heterocycles. The van der Waals surface area contributed by atoms with Crippen molar-refractivity contribution in [2.24, 2.45) is 0 Å². The molecule has 1 aliphatic heterocycles. The fourth-order valence-electron chi connectivity index (χ4n) is 1.82. The lowest BCUT2D eigenvalue weighted by atomic mass is 10.1. The monoisotopic (exact) mass is 207 g/mol. The Labute approximate surface area is 89.8 Å². The van der Waals surface area contributed by atoms with Crippen molar-refractivity contribution >= 4 is 17.4 Å². The molecule has 1 fully saturated rings. The Hall–Kier alpha value is -0.600. The Morgan fingerprint density at radius 3 is 3.21 bits per heavy atom. The van der Waals surface area contributed by atoms with Crippen LogP contribution in [0.4, 0.5) is 0 Å². The fourth-order valence-corrected chi connectivity index (χ4v) is 2.45. The second kappa shape index (κ2) is 5.32.